The first-order valence-electron chi connectivity index (χ1n) is 4.69. The molecule has 2 aromatic rings. The Morgan fingerprint density at radius 1 is 1.43 bits per heavy atom. The molecule has 14 heavy (non-hydrogen) atoms. The molecular formula is C10H10N2OS. The maximum Gasteiger partial charge on any atom is 0.106 e. The third-order valence-corrected chi connectivity index (χ3v) is 3.38. The average Bonchev–Trinajstić information content (AvgIpc) is 2.73. The number of nitrogens with zero attached hydrogens (tertiary/aromatic N) is 2. The van der Waals surface area contributed by atoms with Crippen LogP contribution in [0.1, 0.15) is 18.4 Å². The molecule has 0 unspecified atom stereocenters. The first-order chi connectivity index (χ1) is 6.75. The number of benzene rings is 1. The van der Waals surface area contributed by atoms with Gasteiger partial charge in [0.2, 0.25) is 0 Å². The lowest BCUT2D eigenvalue weighted by Gasteiger charge is -2.06. The van der Waals surface area contributed by atoms with Gasteiger partial charge in [0.05, 0.1) is 10.3 Å². The molecule has 0 bridgehead atoms. The highest BCUT2D eigenvalue weighted by atomic mass is 32.1. The van der Waals surface area contributed by atoms with Crippen LogP contribution in [0.3, 0.4) is 0 Å². The van der Waals surface area contributed by atoms with Crippen molar-refractivity contribution in [3.8, 4) is 0 Å². The molecule has 1 aliphatic rings. The Balaban J connectivity index is 1.97. The van der Waals surface area contributed by atoms with E-state index in [0.29, 0.717) is 0 Å². The maximum absolute atomic E-state index is 9.77. The SMILES string of the molecule is OC1(Cc2ccc3snnc3c2)CC1. The lowest BCUT2D eigenvalue weighted by atomic mass is 10.1. The largest absolute Gasteiger partial charge is 0.390 e. The van der Waals surface area contributed by atoms with Gasteiger partial charge in [0, 0.05) is 6.42 Å². The van der Waals surface area contributed by atoms with Crippen LogP contribution in [0.5, 0.6) is 0 Å². The molecule has 3 rings (SSSR count). The molecule has 1 heterocycles. The number of fused-ring (bicyclic) bond motifs is 1. The van der Waals surface area contributed by atoms with Crippen LogP contribution < -0.4 is 0 Å². The zero-order chi connectivity index (χ0) is 9.60. The van der Waals surface area contributed by atoms with Crippen molar-refractivity contribution in [1.82, 2.24) is 9.59 Å². The summed E-state index contributed by atoms with van der Waals surface area (Å²) in [5.41, 5.74) is 1.68. The van der Waals surface area contributed by atoms with E-state index in [-0.39, 0.29) is 0 Å². The minimum Gasteiger partial charge on any atom is -0.390 e. The van der Waals surface area contributed by atoms with E-state index in [1.807, 2.05) is 12.1 Å². The van der Waals surface area contributed by atoms with Gasteiger partial charge in [0.15, 0.2) is 0 Å². The molecule has 0 aliphatic heterocycles. The van der Waals surface area contributed by atoms with Crippen LogP contribution in [0.4, 0.5) is 0 Å². The predicted molar refractivity (Wildman–Crippen MR) is 55.3 cm³/mol. The normalized spacial score (nSPS) is 18.6. The van der Waals surface area contributed by atoms with E-state index < -0.39 is 5.60 Å². The van der Waals surface area contributed by atoms with Crippen molar-refractivity contribution in [2.45, 2.75) is 24.9 Å². The van der Waals surface area contributed by atoms with E-state index in [2.05, 4.69) is 15.7 Å². The first-order valence-corrected chi connectivity index (χ1v) is 5.46. The average molecular weight is 206 g/mol. The van der Waals surface area contributed by atoms with E-state index >= 15 is 0 Å². The topological polar surface area (TPSA) is 46.0 Å². The lowest BCUT2D eigenvalue weighted by molar-refractivity contribution is 0.151. The first kappa shape index (κ1) is 8.32. The Morgan fingerprint density at radius 3 is 3.07 bits per heavy atom. The number of aliphatic hydroxyl groups is 1. The molecule has 0 atom stereocenters. The molecule has 1 N–H and O–H groups in total. The molecule has 0 spiro atoms. The van der Waals surface area contributed by atoms with Crippen LogP contribution in [0, 0.1) is 0 Å². The van der Waals surface area contributed by atoms with Gasteiger partial charge in [-0.3, -0.25) is 0 Å². The second kappa shape index (κ2) is 2.74. The summed E-state index contributed by atoms with van der Waals surface area (Å²) in [6, 6.07) is 6.11. The summed E-state index contributed by atoms with van der Waals surface area (Å²) in [6.45, 7) is 0. The minimum atomic E-state index is -0.420. The lowest BCUT2D eigenvalue weighted by Crippen LogP contribution is -2.10. The number of hydrogen-bond donors (Lipinski definition) is 1. The molecule has 1 aromatic carbocycles. The van der Waals surface area contributed by atoms with Crippen LogP contribution in [0.2, 0.25) is 0 Å². The standard InChI is InChI=1S/C10H10N2OS/c13-10(3-4-10)6-7-1-2-9-8(5-7)11-12-14-9/h1-2,5,13H,3-4,6H2. The van der Waals surface area contributed by atoms with Crippen molar-refractivity contribution in [2.75, 3.05) is 0 Å². The second-order valence-electron chi connectivity index (χ2n) is 3.98. The van der Waals surface area contributed by atoms with E-state index in [1.165, 1.54) is 11.5 Å². The van der Waals surface area contributed by atoms with Crippen molar-refractivity contribution in [3.05, 3.63) is 23.8 Å². The monoisotopic (exact) mass is 206 g/mol. The molecule has 1 aliphatic carbocycles. The Labute approximate surface area is 85.6 Å². The summed E-state index contributed by atoms with van der Waals surface area (Å²) < 4.78 is 4.99. The predicted octanol–water partition coefficient (Wildman–Crippen LogP) is 1.76. The van der Waals surface area contributed by atoms with Crippen molar-refractivity contribution in [3.63, 3.8) is 0 Å². The fourth-order valence-electron chi connectivity index (χ4n) is 1.64. The van der Waals surface area contributed by atoms with Gasteiger partial charge in [-0.1, -0.05) is 10.6 Å². The number of aromatic nitrogens is 2. The van der Waals surface area contributed by atoms with E-state index in [1.54, 1.807) is 0 Å². The van der Waals surface area contributed by atoms with Crippen LogP contribution in [-0.4, -0.2) is 20.3 Å². The van der Waals surface area contributed by atoms with Crippen LogP contribution in [-0.2, 0) is 6.42 Å². The molecule has 0 radical (unpaired) electrons. The van der Waals surface area contributed by atoms with Gasteiger partial charge in [0.1, 0.15) is 5.52 Å². The Morgan fingerprint density at radius 2 is 2.29 bits per heavy atom. The molecule has 0 amide bonds. The van der Waals surface area contributed by atoms with Crippen molar-refractivity contribution in [2.24, 2.45) is 0 Å². The van der Waals surface area contributed by atoms with Gasteiger partial charge in [-0.25, -0.2) is 0 Å². The number of rotatable bonds is 2. The Bertz CT molecular complexity index is 476. The molecule has 0 saturated heterocycles. The smallest absolute Gasteiger partial charge is 0.106 e. The van der Waals surface area contributed by atoms with Gasteiger partial charge in [-0.15, -0.1) is 5.10 Å². The van der Waals surface area contributed by atoms with Crippen molar-refractivity contribution < 1.29 is 5.11 Å². The van der Waals surface area contributed by atoms with Crippen LogP contribution in [0.15, 0.2) is 18.2 Å². The molecule has 1 aromatic heterocycles. The third-order valence-electron chi connectivity index (χ3n) is 2.67. The zero-order valence-corrected chi connectivity index (χ0v) is 8.42. The summed E-state index contributed by atoms with van der Waals surface area (Å²) in [7, 11) is 0. The molecule has 4 heteroatoms. The van der Waals surface area contributed by atoms with E-state index in [0.717, 1.165) is 35.0 Å². The van der Waals surface area contributed by atoms with Crippen LogP contribution in [0.25, 0.3) is 10.2 Å². The summed E-state index contributed by atoms with van der Waals surface area (Å²) in [5.74, 6) is 0. The van der Waals surface area contributed by atoms with Gasteiger partial charge in [-0.05, 0) is 42.1 Å². The van der Waals surface area contributed by atoms with Gasteiger partial charge in [0.25, 0.3) is 0 Å². The van der Waals surface area contributed by atoms with Crippen LogP contribution >= 0.6 is 11.5 Å². The van der Waals surface area contributed by atoms with Crippen molar-refractivity contribution >= 4 is 21.7 Å². The highest BCUT2D eigenvalue weighted by molar-refractivity contribution is 7.12. The highest BCUT2D eigenvalue weighted by Gasteiger charge is 2.40. The number of hydrogen-bond acceptors (Lipinski definition) is 4. The summed E-state index contributed by atoms with van der Waals surface area (Å²) in [6.07, 6.45) is 2.61. The van der Waals surface area contributed by atoms with E-state index in [4.69, 9.17) is 0 Å². The summed E-state index contributed by atoms with van der Waals surface area (Å²) in [5, 5.41) is 13.8. The maximum atomic E-state index is 9.77. The zero-order valence-electron chi connectivity index (χ0n) is 7.60. The molecular weight excluding hydrogens is 196 g/mol. The quantitative estimate of drug-likeness (QED) is 0.814. The summed E-state index contributed by atoms with van der Waals surface area (Å²) >= 11 is 1.41. The fraction of sp³-hybridized carbons (Fsp3) is 0.400. The molecule has 3 nitrogen and oxygen atoms in total. The fourth-order valence-corrected chi connectivity index (χ4v) is 2.18. The van der Waals surface area contributed by atoms with Crippen molar-refractivity contribution in [1.29, 1.82) is 0 Å². The minimum absolute atomic E-state index is 0.420. The highest BCUT2D eigenvalue weighted by Crippen LogP contribution is 2.38. The summed E-state index contributed by atoms with van der Waals surface area (Å²) in [4.78, 5) is 0. The van der Waals surface area contributed by atoms with Gasteiger partial charge in [-0.2, -0.15) is 0 Å². The van der Waals surface area contributed by atoms with Gasteiger partial charge < -0.3 is 5.11 Å². The third kappa shape index (κ3) is 1.40. The Hall–Kier alpha value is -1.00. The van der Waals surface area contributed by atoms with E-state index in [9.17, 15) is 5.11 Å². The second-order valence-corrected chi connectivity index (χ2v) is 4.76. The molecule has 1 fully saturated rings. The van der Waals surface area contributed by atoms with Gasteiger partial charge >= 0.3 is 0 Å². The Kier molecular flexibility index (Phi) is 1.63. The molecule has 72 valence electrons. The molecule has 1 saturated carbocycles.